The van der Waals surface area contributed by atoms with Crippen molar-refractivity contribution in [2.24, 2.45) is 0 Å². The first-order valence-electron chi connectivity index (χ1n) is 15.2. The fourth-order valence-corrected chi connectivity index (χ4v) is 7.04. The number of nitrogens with zero attached hydrogens (tertiary/aromatic N) is 4. The van der Waals surface area contributed by atoms with Crippen LogP contribution in [0.3, 0.4) is 0 Å². The van der Waals surface area contributed by atoms with Gasteiger partial charge in [-0.2, -0.15) is 9.97 Å². The zero-order valence-electron chi connectivity index (χ0n) is 24.9. The Bertz CT molecular complexity index is 2350. The monoisotopic (exact) mass is 580 g/mol. The van der Waals surface area contributed by atoms with E-state index in [4.69, 9.17) is 19.4 Å². The molecule has 0 unspecified atom stereocenters. The van der Waals surface area contributed by atoms with Crippen LogP contribution in [0.4, 0.5) is 17.3 Å². The average molecular weight is 581 g/mol. The molecule has 0 fully saturated rings. The van der Waals surface area contributed by atoms with Crippen molar-refractivity contribution in [3.8, 4) is 22.8 Å². The van der Waals surface area contributed by atoms with Gasteiger partial charge >= 0.3 is 0 Å². The summed E-state index contributed by atoms with van der Waals surface area (Å²) < 4.78 is 6.84. The largest absolute Gasteiger partial charge is 0.454 e. The lowest BCUT2D eigenvalue weighted by atomic mass is 9.71. The summed E-state index contributed by atoms with van der Waals surface area (Å²) in [7, 11) is 0. The zero-order chi connectivity index (χ0) is 30.1. The topological polar surface area (TPSA) is 55.1 Å². The van der Waals surface area contributed by atoms with E-state index in [-0.39, 0.29) is 5.41 Å². The molecule has 0 saturated carbocycles. The van der Waals surface area contributed by atoms with Gasteiger partial charge in [-0.1, -0.05) is 135 Å². The Kier molecular flexibility index (Phi) is 5.47. The molecule has 8 aromatic rings. The Morgan fingerprint density at radius 2 is 1.11 bits per heavy atom. The molecule has 9 rings (SSSR count). The van der Waals surface area contributed by atoms with Crippen molar-refractivity contribution in [2.45, 2.75) is 19.3 Å². The lowest BCUT2D eigenvalue weighted by Gasteiger charge is -2.41. The third-order valence-electron chi connectivity index (χ3n) is 9.07. The summed E-state index contributed by atoms with van der Waals surface area (Å²) in [5.74, 6) is 1.78. The van der Waals surface area contributed by atoms with Gasteiger partial charge in [0, 0.05) is 27.3 Å². The molecule has 6 aromatic carbocycles. The van der Waals surface area contributed by atoms with Gasteiger partial charge in [0.25, 0.3) is 0 Å². The maximum atomic E-state index is 6.84. The Morgan fingerprint density at radius 1 is 0.556 bits per heavy atom. The van der Waals surface area contributed by atoms with Gasteiger partial charge in [-0.3, -0.25) is 4.90 Å². The first kappa shape index (κ1) is 25.7. The molecule has 5 heteroatoms. The van der Waals surface area contributed by atoms with Gasteiger partial charge < -0.3 is 4.42 Å². The van der Waals surface area contributed by atoms with E-state index in [1.54, 1.807) is 0 Å². The highest BCUT2D eigenvalue weighted by Gasteiger charge is 2.42. The summed E-state index contributed by atoms with van der Waals surface area (Å²) in [6.45, 7) is 4.61. The van der Waals surface area contributed by atoms with Crippen molar-refractivity contribution in [3.05, 3.63) is 145 Å². The number of furan rings is 1. The first-order valence-corrected chi connectivity index (χ1v) is 15.2. The van der Waals surface area contributed by atoms with E-state index >= 15 is 0 Å². The van der Waals surface area contributed by atoms with Crippen LogP contribution in [0, 0.1) is 0 Å². The summed E-state index contributed by atoms with van der Waals surface area (Å²) >= 11 is 0. The quantitative estimate of drug-likeness (QED) is 0.208. The number of para-hydroxylation sites is 2. The van der Waals surface area contributed by atoms with Crippen molar-refractivity contribution >= 4 is 50.0 Å². The second-order valence-corrected chi connectivity index (χ2v) is 12.1. The number of aromatic nitrogens is 3. The molecule has 0 radical (unpaired) electrons. The van der Waals surface area contributed by atoms with Crippen LogP contribution in [-0.2, 0) is 5.41 Å². The molecule has 0 N–H and O–H groups in total. The van der Waals surface area contributed by atoms with Crippen LogP contribution in [0.15, 0.2) is 138 Å². The maximum Gasteiger partial charge on any atom is 0.238 e. The normalized spacial score (nSPS) is 13.7. The molecule has 5 nitrogen and oxygen atoms in total. The standard InChI is InChI=1S/C40H28N4O/c1-40(2)30-22-12-13-23-31(30)44(39-42-37(25-15-5-3-6-16-25)41-38(43-39)26-17-7-4-8-18-26)35-34(40)28-20-10-9-19-27(28)33-29-21-11-14-24-32(29)45-36(33)35/h3-24H,1-2H3. The SMILES string of the molecule is CC1(C)c2ccccc2N(c2nc(-c3ccccc3)nc(-c3ccccc3)n2)c2c1c1ccccc1c1c2oc2ccccc21. The summed E-state index contributed by atoms with van der Waals surface area (Å²) in [4.78, 5) is 17.6. The zero-order valence-corrected chi connectivity index (χ0v) is 24.9. The van der Waals surface area contributed by atoms with Crippen LogP contribution < -0.4 is 4.90 Å². The van der Waals surface area contributed by atoms with Crippen LogP contribution in [0.2, 0.25) is 0 Å². The van der Waals surface area contributed by atoms with Crippen LogP contribution in [-0.4, -0.2) is 15.0 Å². The second kappa shape index (κ2) is 9.60. The average Bonchev–Trinajstić information content (AvgIpc) is 3.49. The molecular weight excluding hydrogens is 552 g/mol. The van der Waals surface area contributed by atoms with Crippen LogP contribution in [0.25, 0.3) is 55.5 Å². The van der Waals surface area contributed by atoms with Gasteiger partial charge in [-0.25, -0.2) is 4.98 Å². The molecule has 0 bridgehead atoms. The highest BCUT2D eigenvalue weighted by Crippen LogP contribution is 2.57. The predicted molar refractivity (Wildman–Crippen MR) is 182 cm³/mol. The van der Waals surface area contributed by atoms with E-state index in [1.165, 1.54) is 21.9 Å². The fraction of sp³-hybridized carbons (Fsp3) is 0.0750. The Hall–Kier alpha value is -5.81. The first-order chi connectivity index (χ1) is 22.1. The molecule has 1 aliphatic heterocycles. The van der Waals surface area contributed by atoms with Gasteiger partial charge in [-0.15, -0.1) is 0 Å². The van der Waals surface area contributed by atoms with Gasteiger partial charge in [0.1, 0.15) is 5.58 Å². The molecule has 0 saturated heterocycles. The van der Waals surface area contributed by atoms with Gasteiger partial charge in [0.05, 0.1) is 11.4 Å². The number of benzene rings is 6. The number of rotatable bonds is 3. The molecule has 214 valence electrons. The summed E-state index contributed by atoms with van der Waals surface area (Å²) in [5.41, 5.74) is 7.57. The van der Waals surface area contributed by atoms with Crippen molar-refractivity contribution in [3.63, 3.8) is 0 Å². The van der Waals surface area contributed by atoms with Crippen molar-refractivity contribution < 1.29 is 4.42 Å². The Balaban J connectivity index is 1.45. The van der Waals surface area contributed by atoms with E-state index in [2.05, 4.69) is 79.4 Å². The number of anilines is 3. The Morgan fingerprint density at radius 3 is 1.80 bits per heavy atom. The molecule has 1 aliphatic rings. The van der Waals surface area contributed by atoms with E-state index < -0.39 is 0 Å². The molecule has 0 aliphatic carbocycles. The smallest absolute Gasteiger partial charge is 0.238 e. The van der Waals surface area contributed by atoms with Crippen LogP contribution in [0.5, 0.6) is 0 Å². The van der Waals surface area contributed by atoms with Gasteiger partial charge in [0.15, 0.2) is 17.2 Å². The number of fused-ring (bicyclic) bond motifs is 9. The number of hydrogen-bond donors (Lipinski definition) is 0. The summed E-state index contributed by atoms with van der Waals surface area (Å²) in [6.07, 6.45) is 0. The van der Waals surface area contributed by atoms with Crippen molar-refractivity contribution in [1.82, 2.24) is 15.0 Å². The predicted octanol–water partition coefficient (Wildman–Crippen LogP) is 10.4. The lowest BCUT2D eigenvalue weighted by molar-refractivity contribution is 0.627. The number of hydrogen-bond acceptors (Lipinski definition) is 5. The minimum absolute atomic E-state index is 0.341. The molecule has 0 atom stereocenters. The minimum Gasteiger partial charge on any atom is -0.454 e. The molecule has 3 heterocycles. The van der Waals surface area contributed by atoms with Gasteiger partial charge in [0.2, 0.25) is 5.95 Å². The Labute approximate surface area is 260 Å². The molecule has 45 heavy (non-hydrogen) atoms. The van der Waals surface area contributed by atoms with Gasteiger partial charge in [-0.05, 0) is 34.0 Å². The van der Waals surface area contributed by atoms with Crippen LogP contribution >= 0.6 is 0 Å². The third-order valence-corrected chi connectivity index (χ3v) is 9.07. The molecule has 0 spiro atoms. The highest BCUT2D eigenvalue weighted by molar-refractivity contribution is 6.25. The van der Waals surface area contributed by atoms with E-state index in [0.717, 1.165) is 44.4 Å². The summed E-state index contributed by atoms with van der Waals surface area (Å²) in [6, 6.07) is 45.8. The molecular formula is C40H28N4O. The van der Waals surface area contributed by atoms with Crippen molar-refractivity contribution in [1.29, 1.82) is 0 Å². The second-order valence-electron chi connectivity index (χ2n) is 12.1. The third kappa shape index (κ3) is 3.77. The summed E-state index contributed by atoms with van der Waals surface area (Å²) in [5, 5.41) is 4.56. The highest BCUT2D eigenvalue weighted by atomic mass is 16.3. The van der Waals surface area contributed by atoms with Crippen molar-refractivity contribution in [2.75, 3.05) is 4.90 Å². The maximum absolute atomic E-state index is 6.84. The minimum atomic E-state index is -0.341. The van der Waals surface area contributed by atoms with Crippen LogP contribution in [0.1, 0.15) is 25.0 Å². The molecule has 0 amide bonds. The van der Waals surface area contributed by atoms with E-state index in [0.29, 0.717) is 17.6 Å². The fourth-order valence-electron chi connectivity index (χ4n) is 7.04. The van der Waals surface area contributed by atoms with E-state index in [1.807, 2.05) is 72.8 Å². The van der Waals surface area contributed by atoms with E-state index in [9.17, 15) is 0 Å². The lowest BCUT2D eigenvalue weighted by Crippen LogP contribution is -2.32. The molecule has 2 aromatic heterocycles.